The first-order valence-corrected chi connectivity index (χ1v) is 7.02. The van der Waals surface area contributed by atoms with Gasteiger partial charge in [-0.3, -0.25) is 0 Å². The highest BCUT2D eigenvalue weighted by atomic mass is 79.9. The molecule has 1 atom stereocenters. The number of methoxy groups -OCH3 is 1. The maximum Gasteiger partial charge on any atom is 0.119 e. The fraction of sp³-hybridized carbons (Fsp3) is 0.250. The zero-order valence-electron chi connectivity index (χ0n) is 10.8. The molecule has 0 amide bonds. The average Bonchev–Trinajstić information content (AvgIpc) is 2.41. The van der Waals surface area contributed by atoms with E-state index in [4.69, 9.17) is 4.74 Å². The van der Waals surface area contributed by atoms with E-state index in [0.29, 0.717) is 12.8 Å². The molecule has 2 nitrogen and oxygen atoms in total. The van der Waals surface area contributed by atoms with E-state index in [0.717, 1.165) is 21.3 Å². The molecule has 0 spiro atoms. The van der Waals surface area contributed by atoms with Gasteiger partial charge in [0.1, 0.15) is 5.75 Å². The van der Waals surface area contributed by atoms with Crippen molar-refractivity contribution in [3.63, 3.8) is 0 Å². The predicted molar refractivity (Wildman–Crippen MR) is 80.6 cm³/mol. The van der Waals surface area contributed by atoms with Gasteiger partial charge in [-0.15, -0.1) is 0 Å². The van der Waals surface area contributed by atoms with Crippen LogP contribution in [0, 0.1) is 0 Å². The minimum absolute atomic E-state index is 0.381. The van der Waals surface area contributed by atoms with Crippen LogP contribution in [0.2, 0.25) is 0 Å². The second kappa shape index (κ2) is 6.73. The summed E-state index contributed by atoms with van der Waals surface area (Å²) in [5, 5.41) is 10.1. The Hall–Kier alpha value is -1.32. The van der Waals surface area contributed by atoms with Gasteiger partial charge in [0.25, 0.3) is 0 Å². The summed E-state index contributed by atoms with van der Waals surface area (Å²) in [5.41, 5.74) is 2.22. The Balaban J connectivity index is 1.96. The molecule has 2 aromatic carbocycles. The van der Waals surface area contributed by atoms with Crippen LogP contribution in [0.25, 0.3) is 0 Å². The van der Waals surface area contributed by atoms with Gasteiger partial charge in [-0.1, -0.05) is 40.2 Å². The highest BCUT2D eigenvalue weighted by molar-refractivity contribution is 9.10. The van der Waals surface area contributed by atoms with Crippen LogP contribution in [0.3, 0.4) is 0 Å². The Morgan fingerprint density at radius 1 is 1.05 bits per heavy atom. The molecule has 0 bridgehead atoms. The molecular weight excluding hydrogens is 304 g/mol. The largest absolute Gasteiger partial charge is 0.497 e. The van der Waals surface area contributed by atoms with Crippen molar-refractivity contribution in [1.82, 2.24) is 0 Å². The fourth-order valence-electron chi connectivity index (χ4n) is 2.04. The van der Waals surface area contributed by atoms with Crippen LogP contribution in [0.4, 0.5) is 0 Å². The molecular formula is C16H17BrO2. The van der Waals surface area contributed by atoms with Crippen molar-refractivity contribution >= 4 is 15.9 Å². The summed E-state index contributed by atoms with van der Waals surface area (Å²) in [6, 6.07) is 15.9. The molecule has 0 radical (unpaired) electrons. The van der Waals surface area contributed by atoms with Gasteiger partial charge in [0, 0.05) is 4.47 Å². The van der Waals surface area contributed by atoms with E-state index in [9.17, 15) is 5.11 Å². The average molecular weight is 321 g/mol. The number of hydrogen-bond acceptors (Lipinski definition) is 2. The van der Waals surface area contributed by atoms with Crippen LogP contribution in [-0.2, 0) is 12.8 Å². The third kappa shape index (κ3) is 4.37. The van der Waals surface area contributed by atoms with Crippen LogP contribution in [0.5, 0.6) is 5.75 Å². The molecule has 0 aliphatic rings. The predicted octanol–water partition coefficient (Wildman–Crippen LogP) is 3.60. The minimum atomic E-state index is -0.381. The third-order valence-corrected chi connectivity index (χ3v) is 3.52. The zero-order valence-corrected chi connectivity index (χ0v) is 12.4. The maximum atomic E-state index is 10.1. The molecule has 0 saturated carbocycles. The number of hydrogen-bond donors (Lipinski definition) is 1. The van der Waals surface area contributed by atoms with Crippen LogP contribution in [0.1, 0.15) is 11.1 Å². The van der Waals surface area contributed by atoms with Gasteiger partial charge in [0.2, 0.25) is 0 Å². The van der Waals surface area contributed by atoms with Gasteiger partial charge >= 0.3 is 0 Å². The van der Waals surface area contributed by atoms with Crippen LogP contribution in [-0.4, -0.2) is 18.3 Å². The topological polar surface area (TPSA) is 29.5 Å². The molecule has 0 saturated heterocycles. The van der Waals surface area contributed by atoms with Gasteiger partial charge in [0.05, 0.1) is 13.2 Å². The van der Waals surface area contributed by atoms with Gasteiger partial charge in [-0.2, -0.15) is 0 Å². The molecule has 19 heavy (non-hydrogen) atoms. The van der Waals surface area contributed by atoms with Crippen molar-refractivity contribution < 1.29 is 9.84 Å². The normalized spacial score (nSPS) is 12.2. The van der Waals surface area contributed by atoms with E-state index < -0.39 is 0 Å². The van der Waals surface area contributed by atoms with Crippen LogP contribution >= 0.6 is 15.9 Å². The van der Waals surface area contributed by atoms with E-state index in [1.807, 2.05) is 48.5 Å². The molecule has 100 valence electrons. The number of halogens is 1. The third-order valence-electron chi connectivity index (χ3n) is 2.99. The lowest BCUT2D eigenvalue weighted by atomic mass is 10.0. The molecule has 0 heterocycles. The number of aliphatic hydroxyl groups is 1. The van der Waals surface area contributed by atoms with Crippen LogP contribution < -0.4 is 4.74 Å². The molecule has 2 rings (SSSR count). The monoisotopic (exact) mass is 320 g/mol. The number of benzene rings is 2. The first-order valence-electron chi connectivity index (χ1n) is 6.23. The second-order valence-electron chi connectivity index (χ2n) is 4.54. The highest BCUT2D eigenvalue weighted by Gasteiger charge is 2.07. The Kier molecular flexibility index (Phi) is 5.00. The number of ether oxygens (including phenoxy) is 1. The van der Waals surface area contributed by atoms with Gasteiger partial charge in [0.15, 0.2) is 0 Å². The van der Waals surface area contributed by atoms with E-state index in [1.165, 1.54) is 0 Å². The summed E-state index contributed by atoms with van der Waals surface area (Å²) in [7, 11) is 1.65. The minimum Gasteiger partial charge on any atom is -0.497 e. The smallest absolute Gasteiger partial charge is 0.119 e. The summed E-state index contributed by atoms with van der Waals surface area (Å²) in [4.78, 5) is 0. The van der Waals surface area contributed by atoms with E-state index in [-0.39, 0.29) is 6.10 Å². The van der Waals surface area contributed by atoms with Crippen molar-refractivity contribution in [2.75, 3.05) is 7.11 Å². The first kappa shape index (κ1) is 14.1. The SMILES string of the molecule is COc1cccc(CC(O)Cc2ccc(Br)cc2)c1. The Bertz CT molecular complexity index is 523. The van der Waals surface area contributed by atoms with Gasteiger partial charge in [-0.25, -0.2) is 0 Å². The second-order valence-corrected chi connectivity index (χ2v) is 5.46. The van der Waals surface area contributed by atoms with E-state index in [1.54, 1.807) is 7.11 Å². The Labute approximate surface area is 122 Å². The Morgan fingerprint density at radius 2 is 1.74 bits per heavy atom. The fourth-order valence-corrected chi connectivity index (χ4v) is 2.30. The zero-order chi connectivity index (χ0) is 13.7. The molecule has 0 aromatic heterocycles. The summed E-state index contributed by atoms with van der Waals surface area (Å²) < 4.78 is 6.24. The molecule has 0 aliphatic heterocycles. The molecule has 0 aliphatic carbocycles. The number of rotatable bonds is 5. The molecule has 1 N–H and O–H groups in total. The van der Waals surface area contributed by atoms with Crippen molar-refractivity contribution in [2.45, 2.75) is 18.9 Å². The number of aliphatic hydroxyl groups excluding tert-OH is 1. The van der Waals surface area contributed by atoms with E-state index >= 15 is 0 Å². The van der Waals surface area contributed by atoms with Crippen molar-refractivity contribution in [2.24, 2.45) is 0 Å². The standard InChI is InChI=1S/C16H17BrO2/c1-19-16-4-2-3-13(11-16)10-15(18)9-12-5-7-14(17)8-6-12/h2-8,11,15,18H,9-10H2,1H3. The Morgan fingerprint density at radius 3 is 2.42 bits per heavy atom. The maximum absolute atomic E-state index is 10.1. The van der Waals surface area contributed by atoms with Gasteiger partial charge in [-0.05, 0) is 48.2 Å². The van der Waals surface area contributed by atoms with Crippen molar-refractivity contribution in [3.8, 4) is 5.75 Å². The quantitative estimate of drug-likeness (QED) is 0.912. The van der Waals surface area contributed by atoms with E-state index in [2.05, 4.69) is 15.9 Å². The summed E-state index contributed by atoms with van der Waals surface area (Å²) >= 11 is 3.40. The highest BCUT2D eigenvalue weighted by Crippen LogP contribution is 2.16. The first-order chi connectivity index (χ1) is 9.17. The van der Waals surface area contributed by atoms with Crippen molar-refractivity contribution in [1.29, 1.82) is 0 Å². The van der Waals surface area contributed by atoms with Crippen LogP contribution in [0.15, 0.2) is 53.0 Å². The molecule has 1 unspecified atom stereocenters. The summed E-state index contributed by atoms with van der Waals surface area (Å²) in [6.45, 7) is 0. The van der Waals surface area contributed by atoms with Crippen molar-refractivity contribution in [3.05, 3.63) is 64.1 Å². The molecule has 0 fully saturated rings. The lowest BCUT2D eigenvalue weighted by Crippen LogP contribution is -2.13. The van der Waals surface area contributed by atoms with Gasteiger partial charge < -0.3 is 9.84 Å². The molecule has 3 heteroatoms. The lowest BCUT2D eigenvalue weighted by Gasteiger charge is -2.11. The summed E-state index contributed by atoms with van der Waals surface area (Å²) in [6.07, 6.45) is 0.908. The molecule has 2 aromatic rings. The summed E-state index contributed by atoms with van der Waals surface area (Å²) in [5.74, 6) is 0.827. The lowest BCUT2D eigenvalue weighted by molar-refractivity contribution is 0.175.